The summed E-state index contributed by atoms with van der Waals surface area (Å²) >= 11 is 0. The van der Waals surface area contributed by atoms with Crippen molar-refractivity contribution in [3.63, 3.8) is 0 Å². The molecule has 18 heteroatoms. The molecular formula is C89H146O16P2. The summed E-state index contributed by atoms with van der Waals surface area (Å²) in [6.07, 6.45) is 104. The molecule has 0 saturated carbocycles. The summed E-state index contributed by atoms with van der Waals surface area (Å²) in [5, 5.41) is 20.7. The van der Waals surface area contributed by atoms with Crippen LogP contribution in [0.1, 0.15) is 303 Å². The van der Waals surface area contributed by atoms with Crippen molar-refractivity contribution >= 4 is 33.6 Å². The van der Waals surface area contributed by atoms with Gasteiger partial charge in [0.2, 0.25) is 0 Å². The van der Waals surface area contributed by atoms with Gasteiger partial charge in [0.15, 0.2) is 6.10 Å². The largest absolute Gasteiger partial charge is 0.472 e. The van der Waals surface area contributed by atoms with Crippen LogP contribution in [-0.2, 0) is 55.8 Å². The molecule has 0 aromatic carbocycles. The average molecular weight is 1530 g/mol. The van der Waals surface area contributed by atoms with E-state index in [1.54, 1.807) is 0 Å². The van der Waals surface area contributed by atoms with E-state index in [9.17, 15) is 43.5 Å². The van der Waals surface area contributed by atoms with Crippen LogP contribution in [0.25, 0.3) is 0 Å². The number of ether oxygens (including phenoxy) is 3. The van der Waals surface area contributed by atoms with E-state index in [1.807, 2.05) is 12.2 Å². The van der Waals surface area contributed by atoms with E-state index in [0.717, 1.165) is 154 Å². The molecule has 16 nitrogen and oxygen atoms in total. The molecule has 0 heterocycles. The molecule has 0 bridgehead atoms. The third-order valence-corrected chi connectivity index (χ3v) is 18.5. The summed E-state index contributed by atoms with van der Waals surface area (Å²) < 4.78 is 61.1. The van der Waals surface area contributed by atoms with Crippen molar-refractivity contribution < 1.29 is 75.8 Å². The van der Waals surface area contributed by atoms with Crippen molar-refractivity contribution in [1.82, 2.24) is 0 Å². The molecule has 5 unspecified atom stereocenters. The van der Waals surface area contributed by atoms with Gasteiger partial charge in [-0.25, -0.2) is 9.13 Å². The first-order valence-corrected chi connectivity index (χ1v) is 44.1. The van der Waals surface area contributed by atoms with Gasteiger partial charge in [-0.05, 0) is 148 Å². The zero-order valence-electron chi connectivity index (χ0n) is 66.5. The lowest BCUT2D eigenvalue weighted by Gasteiger charge is -2.21. The highest BCUT2D eigenvalue weighted by molar-refractivity contribution is 7.47. The van der Waals surface area contributed by atoms with Gasteiger partial charge in [0.1, 0.15) is 25.4 Å². The van der Waals surface area contributed by atoms with E-state index in [0.29, 0.717) is 25.7 Å². The van der Waals surface area contributed by atoms with Crippen molar-refractivity contribution in [2.45, 2.75) is 322 Å². The van der Waals surface area contributed by atoms with Crippen LogP contribution in [-0.4, -0.2) is 95.9 Å². The molecule has 5 atom stereocenters. The summed E-state index contributed by atoms with van der Waals surface area (Å²) in [6, 6.07) is 0. The van der Waals surface area contributed by atoms with E-state index >= 15 is 0 Å². The molecule has 0 fully saturated rings. The number of carbonyl (C=O) groups is 3. The van der Waals surface area contributed by atoms with Crippen LogP contribution in [0.4, 0.5) is 0 Å². The van der Waals surface area contributed by atoms with Gasteiger partial charge in [-0.3, -0.25) is 32.5 Å². The Morgan fingerprint density at radius 2 is 0.477 bits per heavy atom. The second-order valence-corrected chi connectivity index (χ2v) is 29.7. The lowest BCUT2D eigenvalue weighted by molar-refractivity contribution is -0.161. The summed E-state index contributed by atoms with van der Waals surface area (Å²) in [5.74, 6) is -1.67. The maximum atomic E-state index is 13.0. The minimum Gasteiger partial charge on any atom is -0.463 e. The topological polar surface area (TPSA) is 231 Å². The first-order chi connectivity index (χ1) is 52.2. The number of carbonyl (C=O) groups excluding carboxylic acids is 3. The Morgan fingerprint density at radius 3 is 0.766 bits per heavy atom. The highest BCUT2D eigenvalue weighted by Crippen LogP contribution is 2.45. The Hall–Kier alpha value is -5.35. The minimum absolute atomic E-state index is 0.0173. The Kier molecular flexibility index (Phi) is 76.2. The maximum absolute atomic E-state index is 13.0. The molecule has 0 saturated heterocycles. The van der Waals surface area contributed by atoms with Crippen LogP contribution in [0.15, 0.2) is 182 Å². The maximum Gasteiger partial charge on any atom is 0.472 e. The van der Waals surface area contributed by atoms with E-state index in [2.05, 4.69) is 191 Å². The van der Waals surface area contributed by atoms with Crippen LogP contribution < -0.4 is 0 Å². The molecule has 4 N–H and O–H groups in total. The van der Waals surface area contributed by atoms with Gasteiger partial charge in [-0.15, -0.1) is 0 Å². The number of hydrogen-bond donors (Lipinski definition) is 4. The van der Waals surface area contributed by atoms with Crippen molar-refractivity contribution in [2.75, 3.05) is 39.6 Å². The van der Waals surface area contributed by atoms with Crippen LogP contribution in [0.2, 0.25) is 0 Å². The molecule has 107 heavy (non-hydrogen) atoms. The third-order valence-electron chi connectivity index (χ3n) is 16.6. The number of aliphatic hydroxyl groups excluding tert-OH is 2. The Balaban J connectivity index is 4.49. The molecule has 0 radical (unpaired) electrons. The monoisotopic (exact) mass is 1530 g/mol. The van der Waals surface area contributed by atoms with Gasteiger partial charge in [-0.2, -0.15) is 0 Å². The Labute approximate surface area is 649 Å². The van der Waals surface area contributed by atoms with Gasteiger partial charge < -0.3 is 34.2 Å². The first-order valence-electron chi connectivity index (χ1n) is 41.1. The second-order valence-electron chi connectivity index (χ2n) is 26.8. The highest BCUT2D eigenvalue weighted by Gasteiger charge is 2.29. The number of rotatable bonds is 76. The van der Waals surface area contributed by atoms with E-state index < -0.39 is 91.5 Å². The predicted molar refractivity (Wildman–Crippen MR) is 445 cm³/mol. The first kappa shape index (κ1) is 102. The molecule has 608 valence electrons. The smallest absolute Gasteiger partial charge is 0.463 e. The van der Waals surface area contributed by atoms with Gasteiger partial charge in [0.25, 0.3) is 0 Å². The SMILES string of the molecule is CC/C=C\C/C=C\C/C=C\C/C=C\C/C=C\C/C=C\CCCCCCCCCCCCCCCCCCC(=O)OCC(O)COP(=O)(O)OCC(O)COP(=O)(O)OCC(COC(=O)CCCCCCCC/C=C\C/C=C\C/C=C\C/C=C\CC)OC(=O)CCC/C=C\C/C=C\C/C=C\C/C=C\C/C=C\CC. The zero-order chi connectivity index (χ0) is 78.0. The van der Waals surface area contributed by atoms with E-state index in [-0.39, 0.29) is 19.3 Å². The quantitative estimate of drug-likeness (QED) is 0.0146. The second kappa shape index (κ2) is 80.2. The molecule has 0 aromatic rings. The van der Waals surface area contributed by atoms with Crippen molar-refractivity contribution in [2.24, 2.45) is 0 Å². The van der Waals surface area contributed by atoms with Crippen molar-refractivity contribution in [3.05, 3.63) is 182 Å². The van der Waals surface area contributed by atoms with E-state index in [1.165, 1.54) is 83.5 Å². The fourth-order valence-corrected chi connectivity index (χ4v) is 12.1. The minimum atomic E-state index is -4.96. The van der Waals surface area contributed by atoms with Crippen LogP contribution in [0.3, 0.4) is 0 Å². The van der Waals surface area contributed by atoms with Gasteiger partial charge >= 0.3 is 33.6 Å². The molecule has 0 aliphatic carbocycles. The standard InChI is InChI=1S/C89H146O16P2/c1-4-7-10-13-16-19-22-25-28-31-33-34-35-36-37-38-39-40-41-42-43-44-45-46-47-48-50-53-54-57-60-63-66-69-72-75-87(92)99-78-84(90)79-101-106(95,96)102-80-85(91)81-103-107(97,98)104-83-86(105-89(94)77-74-71-68-65-62-59-56-51-30-27-24-21-18-15-12-9-6-3)82-100-88(93)76-73-70-67-64-61-58-55-52-49-32-29-26-23-20-17-14-11-8-5-2/h7-12,16-21,25-30,33-34,36-37,39-40,49,52,56,59,65,68,84-86,90-91H,4-6,13-15,22-24,31-32,35,38,41-48,50-51,53-55,57-58,60-64,66-67,69-83H2,1-3H3,(H,95,96)(H,97,98)/b10-7-,11-8-,12-9-,19-16-,20-17-,21-18-,28-25-,29-26-,30-27-,34-33-,37-36-,40-39-,52-49-,59-56-,68-65-. The normalized spacial score (nSPS) is 14.9. The van der Waals surface area contributed by atoms with Gasteiger partial charge in [0.05, 0.1) is 26.4 Å². The summed E-state index contributed by atoms with van der Waals surface area (Å²) in [4.78, 5) is 58.7. The summed E-state index contributed by atoms with van der Waals surface area (Å²) in [5.41, 5.74) is 0. The molecule has 0 spiro atoms. The molecule has 0 aliphatic heterocycles. The number of hydrogen-bond acceptors (Lipinski definition) is 14. The molecule has 0 rings (SSSR count). The number of aliphatic hydroxyl groups is 2. The Morgan fingerprint density at radius 1 is 0.262 bits per heavy atom. The van der Waals surface area contributed by atoms with Crippen LogP contribution >= 0.6 is 15.6 Å². The number of allylic oxidation sites excluding steroid dienone is 30. The summed E-state index contributed by atoms with van der Waals surface area (Å²) in [6.45, 7) is 2.25. The molecule has 0 aromatic heterocycles. The zero-order valence-corrected chi connectivity index (χ0v) is 68.3. The summed E-state index contributed by atoms with van der Waals surface area (Å²) in [7, 11) is -9.83. The van der Waals surface area contributed by atoms with Gasteiger partial charge in [0, 0.05) is 19.3 Å². The highest BCUT2D eigenvalue weighted by atomic mass is 31.2. The molecular weight excluding hydrogens is 1390 g/mol. The molecule has 0 aliphatic rings. The number of phosphoric ester groups is 2. The Bertz CT molecular complexity index is 2670. The number of esters is 3. The van der Waals surface area contributed by atoms with Crippen molar-refractivity contribution in [1.29, 1.82) is 0 Å². The fraction of sp³-hybridized carbons (Fsp3) is 0.629. The van der Waals surface area contributed by atoms with Crippen LogP contribution in [0, 0.1) is 0 Å². The number of unbranched alkanes of at least 4 members (excludes halogenated alkanes) is 23. The lowest BCUT2D eigenvalue weighted by Crippen LogP contribution is -2.30. The fourth-order valence-electron chi connectivity index (χ4n) is 10.5. The van der Waals surface area contributed by atoms with Crippen molar-refractivity contribution in [3.8, 4) is 0 Å². The predicted octanol–water partition coefficient (Wildman–Crippen LogP) is 24.5. The van der Waals surface area contributed by atoms with Crippen LogP contribution in [0.5, 0.6) is 0 Å². The lowest BCUT2D eigenvalue weighted by atomic mass is 10.0. The third kappa shape index (κ3) is 81.5. The average Bonchev–Trinajstić information content (AvgIpc) is 0.907. The van der Waals surface area contributed by atoms with Gasteiger partial charge in [-0.1, -0.05) is 319 Å². The number of phosphoric acid groups is 2. The molecule has 0 amide bonds. The van der Waals surface area contributed by atoms with E-state index in [4.69, 9.17) is 32.3 Å².